The van der Waals surface area contributed by atoms with Gasteiger partial charge in [0.25, 0.3) is 10.0 Å². The maximum Gasteiger partial charge on any atom is 0.345 e. The number of rotatable bonds is 8. The smallest absolute Gasteiger partial charge is 0.345 e. The molecule has 0 aliphatic heterocycles. The second-order valence-electron chi connectivity index (χ2n) is 6.23. The van der Waals surface area contributed by atoms with Crippen molar-refractivity contribution in [1.29, 1.82) is 0 Å². The highest BCUT2D eigenvalue weighted by atomic mass is 32.2. The third-order valence-corrected chi connectivity index (χ3v) is 5.98. The molecule has 0 radical (unpaired) electrons. The molecule has 0 unspecified atom stereocenters. The number of nitrogens with two attached hydrogens (primary N) is 1. The summed E-state index contributed by atoms with van der Waals surface area (Å²) in [4.78, 5) is 12.6. The molecule has 0 saturated heterocycles. The maximum absolute atomic E-state index is 12.9. The summed E-state index contributed by atoms with van der Waals surface area (Å²) in [5, 5.41) is 3.83. The Kier molecular flexibility index (Phi) is 6.44. The molecule has 0 atom stereocenters. The van der Waals surface area contributed by atoms with Crippen LogP contribution in [0.1, 0.15) is 10.4 Å². The number of methoxy groups -OCH3 is 4. The van der Waals surface area contributed by atoms with E-state index in [0.29, 0.717) is 15.6 Å². The molecule has 0 amide bonds. The van der Waals surface area contributed by atoms with E-state index >= 15 is 0 Å². The third-order valence-electron chi connectivity index (χ3n) is 4.36. The van der Waals surface area contributed by atoms with Crippen LogP contribution in [0, 0.1) is 0 Å². The van der Waals surface area contributed by atoms with Gasteiger partial charge in [-0.15, -0.1) is 9.19 Å². The summed E-state index contributed by atoms with van der Waals surface area (Å²) >= 11 is 0. The number of hydrogen-bond acceptors (Lipinski definition) is 10. The Balaban J connectivity index is 1.90. The van der Waals surface area contributed by atoms with Crippen molar-refractivity contribution in [3.8, 4) is 28.9 Å². The van der Waals surface area contributed by atoms with Crippen LogP contribution < -0.4 is 29.4 Å². The van der Waals surface area contributed by atoms with Crippen LogP contribution in [0.4, 0.5) is 5.82 Å². The van der Waals surface area contributed by atoms with E-state index < -0.39 is 16.0 Å². The number of ether oxygens (including phenoxy) is 5. The molecule has 0 fully saturated rings. The van der Waals surface area contributed by atoms with Gasteiger partial charge in [0, 0.05) is 6.07 Å². The van der Waals surface area contributed by atoms with Crippen molar-refractivity contribution in [2.75, 3.05) is 34.2 Å². The number of esters is 1. The van der Waals surface area contributed by atoms with Crippen molar-refractivity contribution < 1.29 is 36.9 Å². The van der Waals surface area contributed by atoms with E-state index in [1.54, 1.807) is 0 Å². The largest absolute Gasteiger partial charge is 0.497 e. The lowest BCUT2D eigenvalue weighted by molar-refractivity contribution is 0.0726. The monoisotopic (exact) mass is 463 g/mol. The molecule has 2 aromatic carbocycles. The van der Waals surface area contributed by atoms with Crippen LogP contribution in [-0.2, 0) is 10.0 Å². The first kappa shape index (κ1) is 22.7. The second kappa shape index (κ2) is 9.06. The van der Waals surface area contributed by atoms with Gasteiger partial charge in [-0.1, -0.05) is 0 Å². The average Bonchev–Trinajstić information content (AvgIpc) is 3.18. The number of hydrogen-bond donors (Lipinski definition) is 1. The number of benzene rings is 2. The zero-order chi connectivity index (χ0) is 23.5. The van der Waals surface area contributed by atoms with E-state index in [4.69, 9.17) is 29.4 Å². The Bertz CT molecular complexity index is 1210. The Morgan fingerprint density at radius 2 is 1.50 bits per heavy atom. The van der Waals surface area contributed by atoms with Crippen molar-refractivity contribution in [2.45, 2.75) is 4.90 Å². The van der Waals surface area contributed by atoms with E-state index in [-0.39, 0.29) is 33.7 Å². The summed E-state index contributed by atoms with van der Waals surface area (Å²) in [5.41, 5.74) is 5.87. The number of aromatic nitrogens is 2. The molecule has 0 spiro atoms. The van der Waals surface area contributed by atoms with Gasteiger partial charge in [0.05, 0.1) is 38.9 Å². The van der Waals surface area contributed by atoms with Crippen molar-refractivity contribution in [3.63, 3.8) is 0 Å². The molecule has 170 valence electrons. The molecule has 0 saturated carbocycles. The molecule has 3 aromatic rings. The highest BCUT2D eigenvalue weighted by Gasteiger charge is 2.24. The van der Waals surface area contributed by atoms with Crippen LogP contribution >= 0.6 is 0 Å². The standard InChI is InChI=1S/C20H21N3O8S/c1-27-13-5-7-14(8-6-13)32(25,26)23-17(21)11-18(22-23)31-20(24)12-9-15(28-2)19(30-4)16(10-12)29-3/h5-11H,21H2,1-4H3. The number of anilines is 1. The van der Waals surface area contributed by atoms with Crippen molar-refractivity contribution in [3.05, 3.63) is 48.0 Å². The van der Waals surface area contributed by atoms with Gasteiger partial charge in [-0.05, 0) is 36.4 Å². The summed E-state index contributed by atoms with van der Waals surface area (Å²) in [6, 6.07) is 9.55. The van der Waals surface area contributed by atoms with Crippen LogP contribution in [0.2, 0.25) is 0 Å². The first-order valence-corrected chi connectivity index (χ1v) is 10.5. The Hall–Kier alpha value is -3.93. The molecule has 11 nitrogen and oxygen atoms in total. The minimum absolute atomic E-state index is 0.0608. The zero-order valence-corrected chi connectivity index (χ0v) is 18.5. The SMILES string of the molecule is COc1ccc(S(=O)(=O)n2nc(OC(=O)c3cc(OC)c(OC)c(OC)c3)cc2N)cc1. The lowest BCUT2D eigenvalue weighted by Gasteiger charge is -2.13. The van der Waals surface area contributed by atoms with Crippen molar-refractivity contribution >= 4 is 21.8 Å². The first-order valence-electron chi connectivity index (χ1n) is 9.02. The molecule has 0 aliphatic carbocycles. The predicted octanol–water partition coefficient (Wildman–Crippen LogP) is 1.96. The van der Waals surface area contributed by atoms with Crippen LogP contribution in [0.25, 0.3) is 0 Å². The topological polar surface area (TPSA) is 141 Å². The molecule has 2 N–H and O–H groups in total. The van der Waals surface area contributed by atoms with Crippen LogP contribution in [0.3, 0.4) is 0 Å². The quantitative estimate of drug-likeness (QED) is 0.493. The fourth-order valence-corrected chi connectivity index (χ4v) is 4.00. The van der Waals surface area contributed by atoms with Crippen LogP contribution in [0.15, 0.2) is 47.4 Å². The molecule has 1 aromatic heterocycles. The average molecular weight is 463 g/mol. The predicted molar refractivity (Wildman–Crippen MR) is 113 cm³/mol. The summed E-state index contributed by atoms with van der Waals surface area (Å²) in [6.45, 7) is 0. The van der Waals surface area contributed by atoms with Gasteiger partial charge in [0.2, 0.25) is 11.6 Å². The van der Waals surface area contributed by atoms with Gasteiger partial charge >= 0.3 is 5.97 Å². The molecule has 3 rings (SSSR count). The fourth-order valence-electron chi connectivity index (χ4n) is 2.80. The van der Waals surface area contributed by atoms with E-state index in [2.05, 4.69) is 5.10 Å². The highest BCUT2D eigenvalue weighted by Crippen LogP contribution is 2.38. The molecule has 1 heterocycles. The Morgan fingerprint density at radius 3 is 2.00 bits per heavy atom. The van der Waals surface area contributed by atoms with Gasteiger partial charge in [0.15, 0.2) is 11.5 Å². The van der Waals surface area contributed by atoms with Gasteiger partial charge in [-0.25, -0.2) is 4.79 Å². The number of carbonyl (C=O) groups excluding carboxylic acids is 1. The van der Waals surface area contributed by atoms with E-state index in [0.717, 1.165) is 6.07 Å². The lowest BCUT2D eigenvalue weighted by Crippen LogP contribution is -2.17. The van der Waals surface area contributed by atoms with Gasteiger partial charge in [-0.2, -0.15) is 8.42 Å². The molecule has 0 bridgehead atoms. The van der Waals surface area contributed by atoms with Crippen molar-refractivity contribution in [1.82, 2.24) is 9.19 Å². The van der Waals surface area contributed by atoms with E-state index in [9.17, 15) is 13.2 Å². The number of nitrogens with zero attached hydrogens (tertiary/aromatic N) is 2. The summed E-state index contributed by atoms with van der Waals surface area (Å²) in [7, 11) is 1.57. The zero-order valence-electron chi connectivity index (χ0n) is 17.7. The lowest BCUT2D eigenvalue weighted by atomic mass is 10.2. The molecular formula is C20H21N3O8S. The second-order valence-corrected chi connectivity index (χ2v) is 8.00. The van der Waals surface area contributed by atoms with Crippen LogP contribution in [-0.4, -0.2) is 52.0 Å². The Morgan fingerprint density at radius 1 is 0.906 bits per heavy atom. The minimum atomic E-state index is -4.13. The fraction of sp³-hybridized carbons (Fsp3) is 0.200. The Labute approximate surface area is 184 Å². The maximum atomic E-state index is 12.9. The van der Waals surface area contributed by atoms with Gasteiger partial charge < -0.3 is 29.4 Å². The van der Waals surface area contributed by atoms with Crippen molar-refractivity contribution in [2.24, 2.45) is 0 Å². The van der Waals surface area contributed by atoms with E-state index in [1.807, 2.05) is 0 Å². The van der Waals surface area contributed by atoms with Gasteiger partial charge in [0.1, 0.15) is 11.6 Å². The van der Waals surface area contributed by atoms with Crippen LogP contribution in [0.5, 0.6) is 28.9 Å². The third kappa shape index (κ3) is 4.25. The number of nitrogen functional groups attached to an aromatic ring is 1. The summed E-state index contributed by atoms with van der Waals surface area (Å²) in [5.74, 6) is -0.123. The first-order chi connectivity index (χ1) is 15.2. The summed E-state index contributed by atoms with van der Waals surface area (Å²) in [6.07, 6.45) is 0. The molecular weight excluding hydrogens is 442 g/mol. The highest BCUT2D eigenvalue weighted by molar-refractivity contribution is 7.90. The molecule has 12 heteroatoms. The molecule has 32 heavy (non-hydrogen) atoms. The molecule has 0 aliphatic rings. The minimum Gasteiger partial charge on any atom is -0.497 e. The van der Waals surface area contributed by atoms with E-state index in [1.165, 1.54) is 64.8 Å². The number of carbonyl (C=O) groups is 1. The van der Waals surface area contributed by atoms with Gasteiger partial charge in [-0.3, -0.25) is 0 Å². The normalized spacial score (nSPS) is 11.0. The summed E-state index contributed by atoms with van der Waals surface area (Å²) < 4.78 is 52.2.